The van der Waals surface area contributed by atoms with Crippen molar-refractivity contribution in [3.63, 3.8) is 0 Å². The third kappa shape index (κ3) is 2.36. The van der Waals surface area contributed by atoms with Crippen molar-refractivity contribution in [2.75, 3.05) is 25.5 Å². The van der Waals surface area contributed by atoms with Crippen molar-refractivity contribution in [3.8, 4) is 0 Å². The lowest BCUT2D eigenvalue weighted by atomic mass is 10.0. The van der Waals surface area contributed by atoms with E-state index in [2.05, 4.69) is 5.32 Å². The van der Waals surface area contributed by atoms with Gasteiger partial charge in [0, 0.05) is 25.8 Å². The van der Waals surface area contributed by atoms with Crippen LogP contribution in [-0.4, -0.2) is 38.8 Å². The Hall–Kier alpha value is -1.44. The molecule has 0 spiro atoms. The predicted molar refractivity (Wildman–Crippen MR) is 72.4 cm³/mol. The molecule has 1 unspecified atom stereocenters. The van der Waals surface area contributed by atoms with Crippen molar-refractivity contribution < 1.29 is 13.2 Å². The van der Waals surface area contributed by atoms with Crippen LogP contribution >= 0.6 is 0 Å². The van der Waals surface area contributed by atoms with Gasteiger partial charge in [-0.25, -0.2) is 8.42 Å². The monoisotopic (exact) mass is 283 g/mol. The van der Waals surface area contributed by atoms with E-state index >= 15 is 0 Å². The standard InChI is InChI=1S/C12H17N3O3S/c1-8-10-7-9(3-4-11(10)14-12(8)16)19(17,18)15(2)6-5-13/h3-4,7-8H,5-6,13H2,1-2H3,(H,14,16). The van der Waals surface area contributed by atoms with Crippen LogP contribution < -0.4 is 11.1 Å². The van der Waals surface area contributed by atoms with Crippen LogP contribution in [0.2, 0.25) is 0 Å². The summed E-state index contributed by atoms with van der Waals surface area (Å²) >= 11 is 0. The largest absolute Gasteiger partial charge is 0.329 e. The lowest BCUT2D eigenvalue weighted by Gasteiger charge is -2.16. The zero-order valence-electron chi connectivity index (χ0n) is 10.9. The number of nitrogens with zero attached hydrogens (tertiary/aromatic N) is 1. The maximum Gasteiger partial charge on any atom is 0.242 e. The molecular weight excluding hydrogens is 266 g/mol. The molecular formula is C12H17N3O3S. The van der Waals surface area contributed by atoms with Gasteiger partial charge in [-0.1, -0.05) is 0 Å². The van der Waals surface area contributed by atoms with Gasteiger partial charge in [0.15, 0.2) is 0 Å². The summed E-state index contributed by atoms with van der Waals surface area (Å²) in [4.78, 5) is 11.7. The Kier molecular flexibility index (Phi) is 3.62. The van der Waals surface area contributed by atoms with Crippen molar-refractivity contribution in [2.45, 2.75) is 17.7 Å². The van der Waals surface area contributed by atoms with E-state index in [-0.39, 0.29) is 29.8 Å². The first-order chi connectivity index (χ1) is 8.87. The average molecular weight is 283 g/mol. The SMILES string of the molecule is CC1C(=O)Nc2ccc(S(=O)(=O)N(C)CCN)cc21. The molecule has 1 aliphatic heterocycles. The highest BCUT2D eigenvalue weighted by Gasteiger charge is 2.29. The van der Waals surface area contributed by atoms with Crippen molar-refractivity contribution in [1.29, 1.82) is 0 Å². The molecule has 1 aromatic rings. The summed E-state index contributed by atoms with van der Waals surface area (Å²) in [7, 11) is -2.06. The number of carbonyl (C=O) groups is 1. The zero-order valence-corrected chi connectivity index (χ0v) is 11.7. The molecule has 1 amide bonds. The molecule has 0 fully saturated rings. The van der Waals surface area contributed by atoms with Crippen molar-refractivity contribution in [3.05, 3.63) is 23.8 Å². The Morgan fingerprint density at radius 3 is 2.74 bits per heavy atom. The first kappa shape index (κ1) is 14.0. The molecule has 2 rings (SSSR count). The lowest BCUT2D eigenvalue weighted by molar-refractivity contribution is -0.116. The number of hydrogen-bond acceptors (Lipinski definition) is 4. The Morgan fingerprint density at radius 1 is 1.42 bits per heavy atom. The normalized spacial score (nSPS) is 18.5. The summed E-state index contributed by atoms with van der Waals surface area (Å²) in [6, 6.07) is 4.68. The van der Waals surface area contributed by atoms with Crippen molar-refractivity contribution in [1.82, 2.24) is 4.31 Å². The quantitative estimate of drug-likeness (QED) is 0.832. The molecule has 0 saturated heterocycles. The second-order valence-corrected chi connectivity index (χ2v) is 6.62. The van der Waals surface area contributed by atoms with E-state index in [4.69, 9.17) is 5.73 Å². The number of nitrogens with two attached hydrogens (primary N) is 1. The van der Waals surface area contributed by atoms with Crippen LogP contribution in [0, 0.1) is 0 Å². The van der Waals surface area contributed by atoms with Crippen LogP contribution in [-0.2, 0) is 14.8 Å². The number of rotatable bonds is 4. The number of fused-ring (bicyclic) bond motifs is 1. The van der Waals surface area contributed by atoms with Gasteiger partial charge in [0.25, 0.3) is 0 Å². The van der Waals surface area contributed by atoms with E-state index in [1.807, 2.05) is 0 Å². The Morgan fingerprint density at radius 2 is 2.11 bits per heavy atom. The Bertz CT molecular complexity index is 613. The minimum absolute atomic E-state index is 0.111. The summed E-state index contributed by atoms with van der Waals surface area (Å²) in [6.45, 7) is 2.27. The number of likely N-dealkylation sites (N-methyl/N-ethyl adjacent to an activating group) is 1. The number of hydrogen-bond donors (Lipinski definition) is 2. The lowest BCUT2D eigenvalue weighted by Crippen LogP contribution is -2.31. The first-order valence-electron chi connectivity index (χ1n) is 5.99. The van der Waals surface area contributed by atoms with Crippen molar-refractivity contribution >= 4 is 21.6 Å². The number of benzene rings is 1. The molecule has 1 aromatic carbocycles. The van der Waals surface area contributed by atoms with E-state index < -0.39 is 10.0 Å². The molecule has 0 saturated carbocycles. The molecule has 104 valence electrons. The van der Waals surface area contributed by atoms with E-state index in [1.165, 1.54) is 17.4 Å². The highest BCUT2D eigenvalue weighted by molar-refractivity contribution is 7.89. The molecule has 0 aromatic heterocycles. The Labute approximate surface area is 112 Å². The minimum Gasteiger partial charge on any atom is -0.329 e. The summed E-state index contributed by atoms with van der Waals surface area (Å²) in [5, 5.41) is 2.71. The highest BCUT2D eigenvalue weighted by Crippen LogP contribution is 2.34. The van der Waals surface area contributed by atoms with E-state index in [1.54, 1.807) is 19.1 Å². The summed E-state index contributed by atoms with van der Waals surface area (Å²) < 4.78 is 25.8. The molecule has 6 nitrogen and oxygen atoms in total. The second kappa shape index (κ2) is 4.92. The second-order valence-electron chi connectivity index (χ2n) is 4.58. The van der Waals surface area contributed by atoms with Crippen LogP contribution in [0.3, 0.4) is 0 Å². The smallest absolute Gasteiger partial charge is 0.242 e. The molecule has 1 aliphatic rings. The molecule has 3 N–H and O–H groups in total. The van der Waals surface area contributed by atoms with Crippen LogP contribution in [0.25, 0.3) is 0 Å². The van der Waals surface area contributed by atoms with Crippen LogP contribution in [0.4, 0.5) is 5.69 Å². The van der Waals surface area contributed by atoms with Gasteiger partial charge in [0.05, 0.1) is 10.8 Å². The number of sulfonamides is 1. The van der Waals surface area contributed by atoms with Gasteiger partial charge < -0.3 is 11.1 Å². The highest BCUT2D eigenvalue weighted by atomic mass is 32.2. The summed E-state index contributed by atoms with van der Waals surface area (Å²) in [5.74, 6) is -0.440. The molecule has 1 heterocycles. The molecule has 0 bridgehead atoms. The fourth-order valence-electron chi connectivity index (χ4n) is 2.04. The molecule has 7 heteroatoms. The first-order valence-corrected chi connectivity index (χ1v) is 7.43. The topological polar surface area (TPSA) is 92.5 Å². The number of anilines is 1. The molecule has 0 aliphatic carbocycles. The van der Waals surface area contributed by atoms with Gasteiger partial charge in [-0.2, -0.15) is 4.31 Å². The van der Waals surface area contributed by atoms with Gasteiger partial charge in [-0.05, 0) is 30.7 Å². The number of carbonyl (C=O) groups excluding carboxylic acids is 1. The third-order valence-corrected chi connectivity index (χ3v) is 5.15. The van der Waals surface area contributed by atoms with Gasteiger partial charge in [-0.15, -0.1) is 0 Å². The molecule has 19 heavy (non-hydrogen) atoms. The third-order valence-electron chi connectivity index (χ3n) is 3.29. The van der Waals surface area contributed by atoms with Crippen LogP contribution in [0.1, 0.15) is 18.4 Å². The zero-order chi connectivity index (χ0) is 14.2. The summed E-state index contributed by atoms with van der Waals surface area (Å²) in [5.41, 5.74) is 6.77. The van der Waals surface area contributed by atoms with E-state index in [0.29, 0.717) is 11.3 Å². The van der Waals surface area contributed by atoms with Crippen molar-refractivity contribution in [2.24, 2.45) is 5.73 Å². The van der Waals surface area contributed by atoms with Gasteiger partial charge in [0.2, 0.25) is 15.9 Å². The maximum absolute atomic E-state index is 12.3. The van der Waals surface area contributed by atoms with Crippen LogP contribution in [0.15, 0.2) is 23.1 Å². The maximum atomic E-state index is 12.3. The number of amides is 1. The van der Waals surface area contributed by atoms with Gasteiger partial charge in [0.1, 0.15) is 0 Å². The van der Waals surface area contributed by atoms with Gasteiger partial charge >= 0.3 is 0 Å². The van der Waals surface area contributed by atoms with Gasteiger partial charge in [-0.3, -0.25) is 4.79 Å². The molecule has 1 atom stereocenters. The minimum atomic E-state index is -3.55. The summed E-state index contributed by atoms with van der Waals surface area (Å²) in [6.07, 6.45) is 0. The van der Waals surface area contributed by atoms with Crippen LogP contribution in [0.5, 0.6) is 0 Å². The number of nitrogens with one attached hydrogen (secondary N) is 1. The molecule has 0 radical (unpaired) electrons. The average Bonchev–Trinajstić information content (AvgIpc) is 2.65. The van der Waals surface area contributed by atoms with E-state index in [0.717, 1.165) is 0 Å². The van der Waals surface area contributed by atoms with E-state index in [9.17, 15) is 13.2 Å². The fourth-order valence-corrected chi connectivity index (χ4v) is 3.26. The Balaban J connectivity index is 2.41. The fraction of sp³-hybridized carbons (Fsp3) is 0.417. The predicted octanol–water partition coefficient (Wildman–Crippen LogP) is 0.321.